The topological polar surface area (TPSA) is 27.7 Å². The highest BCUT2D eigenvalue weighted by molar-refractivity contribution is 4.82. The van der Waals surface area contributed by atoms with Crippen molar-refractivity contribution < 1.29 is 40.6 Å². The van der Waals surface area contributed by atoms with E-state index < -0.39 is 24.9 Å². The second kappa shape index (κ2) is 11.3. The van der Waals surface area contributed by atoms with E-state index >= 15 is 0 Å². The molecular weight excluding hydrogens is 306 g/mol. The molecule has 1 atom stereocenters. The van der Waals surface area contributed by atoms with Gasteiger partial charge in [-0.15, -0.1) is 0 Å². The van der Waals surface area contributed by atoms with Crippen molar-refractivity contribution in [1.29, 1.82) is 0 Å². The Morgan fingerprint density at radius 1 is 1.00 bits per heavy atom. The van der Waals surface area contributed by atoms with Crippen molar-refractivity contribution >= 4 is 0 Å². The first-order chi connectivity index (χ1) is 9.63. The molecule has 0 saturated heterocycles. The van der Waals surface area contributed by atoms with Gasteiger partial charge < -0.3 is 14.2 Å². The van der Waals surface area contributed by atoms with Crippen molar-refractivity contribution in [3.63, 3.8) is 0 Å². The third kappa shape index (κ3) is 12.1. The van der Waals surface area contributed by atoms with Crippen LogP contribution in [0.25, 0.3) is 0 Å². The molecule has 0 aromatic rings. The third-order valence-electron chi connectivity index (χ3n) is 1.70. The van der Waals surface area contributed by atoms with Crippen LogP contribution in [0.2, 0.25) is 0 Å². The minimum atomic E-state index is -5.61. The summed E-state index contributed by atoms with van der Waals surface area (Å²) in [4.78, 5) is 0. The van der Waals surface area contributed by atoms with E-state index in [1.807, 2.05) is 6.92 Å². The number of halogens is 6. The summed E-state index contributed by atoms with van der Waals surface area (Å²) in [5.74, 6) is -4.60. The Morgan fingerprint density at radius 2 is 1.52 bits per heavy atom. The lowest BCUT2D eigenvalue weighted by molar-refractivity contribution is -0.255. The molecule has 0 amide bonds. The zero-order valence-electron chi connectivity index (χ0n) is 11.5. The Balaban J connectivity index is 0. The van der Waals surface area contributed by atoms with Gasteiger partial charge >= 0.3 is 12.1 Å². The molecule has 0 aliphatic carbocycles. The van der Waals surface area contributed by atoms with E-state index in [4.69, 9.17) is 0 Å². The number of alkyl halides is 6. The van der Waals surface area contributed by atoms with Crippen molar-refractivity contribution in [3.05, 3.63) is 25.7 Å². The van der Waals surface area contributed by atoms with E-state index in [0.29, 0.717) is 0 Å². The molecule has 21 heavy (non-hydrogen) atoms. The molecular formula is C12H18F6O3. The molecule has 0 aliphatic rings. The molecule has 0 saturated carbocycles. The maximum absolute atomic E-state index is 12.5. The van der Waals surface area contributed by atoms with E-state index in [-0.39, 0.29) is 13.2 Å². The Labute approximate surface area is 119 Å². The lowest BCUT2D eigenvalue weighted by Gasteiger charge is -2.22. The maximum atomic E-state index is 12.5. The van der Waals surface area contributed by atoms with Gasteiger partial charge in [0, 0.05) is 0 Å². The van der Waals surface area contributed by atoms with Gasteiger partial charge in [0.15, 0.2) is 0 Å². The average Bonchev–Trinajstić information content (AvgIpc) is 2.38. The first kappa shape index (κ1) is 21.9. The predicted molar refractivity (Wildman–Crippen MR) is 64.7 cm³/mol. The summed E-state index contributed by atoms with van der Waals surface area (Å²) >= 11 is 0. The lowest BCUT2D eigenvalue weighted by Crippen LogP contribution is -2.44. The first-order valence-corrected chi connectivity index (χ1v) is 5.74. The van der Waals surface area contributed by atoms with Crippen LogP contribution in [-0.4, -0.2) is 44.7 Å². The molecule has 1 unspecified atom stereocenters. The molecule has 0 spiro atoms. The van der Waals surface area contributed by atoms with Gasteiger partial charge in [0.1, 0.15) is 13.2 Å². The van der Waals surface area contributed by atoms with Crippen LogP contribution in [0, 0.1) is 0 Å². The van der Waals surface area contributed by atoms with E-state index in [0.717, 1.165) is 12.9 Å². The Kier molecular flexibility index (Phi) is 11.8. The minimum Gasteiger partial charge on any atom is -0.502 e. The summed E-state index contributed by atoms with van der Waals surface area (Å²) in [6.45, 7) is 6.91. The van der Waals surface area contributed by atoms with E-state index in [2.05, 4.69) is 27.4 Å². The zero-order valence-corrected chi connectivity index (χ0v) is 11.5. The molecule has 0 rings (SSSR count). The van der Waals surface area contributed by atoms with Crippen molar-refractivity contribution in [2.75, 3.05) is 26.4 Å². The van der Waals surface area contributed by atoms with Crippen LogP contribution < -0.4 is 0 Å². The molecule has 126 valence electrons. The number of hydrogen-bond acceptors (Lipinski definition) is 3. The van der Waals surface area contributed by atoms with E-state index in [1.165, 1.54) is 6.26 Å². The highest BCUT2D eigenvalue weighted by Crippen LogP contribution is 2.34. The summed E-state index contributed by atoms with van der Waals surface area (Å²) in [5.41, 5.74) is 0. The van der Waals surface area contributed by atoms with Crippen LogP contribution in [0.1, 0.15) is 6.92 Å². The second-order valence-corrected chi connectivity index (χ2v) is 3.38. The molecule has 9 heteroatoms. The largest absolute Gasteiger partial charge is 0.502 e. The SMILES string of the molecule is C=COCC.C=COCCOCC(F)(F)C(F)C(F)(F)F. The molecule has 0 aromatic heterocycles. The normalized spacial score (nSPS) is 12.7. The smallest absolute Gasteiger partial charge is 0.425 e. The van der Waals surface area contributed by atoms with Gasteiger partial charge in [-0.05, 0) is 6.92 Å². The van der Waals surface area contributed by atoms with E-state index in [9.17, 15) is 26.3 Å². The summed E-state index contributed by atoms with van der Waals surface area (Å²) < 4.78 is 85.4. The first-order valence-electron chi connectivity index (χ1n) is 5.74. The van der Waals surface area contributed by atoms with Crippen LogP contribution >= 0.6 is 0 Å². The number of rotatable bonds is 9. The van der Waals surface area contributed by atoms with Gasteiger partial charge in [-0.3, -0.25) is 0 Å². The van der Waals surface area contributed by atoms with Crippen molar-refractivity contribution in [3.8, 4) is 0 Å². The quantitative estimate of drug-likeness (QED) is 0.366. The van der Waals surface area contributed by atoms with Gasteiger partial charge in [-0.25, -0.2) is 13.2 Å². The predicted octanol–water partition coefficient (Wildman–Crippen LogP) is 3.87. The highest BCUT2D eigenvalue weighted by Gasteiger charge is 2.56. The van der Waals surface area contributed by atoms with Crippen LogP contribution in [0.4, 0.5) is 26.3 Å². The molecule has 0 aliphatic heterocycles. The molecule has 0 bridgehead atoms. The van der Waals surface area contributed by atoms with Gasteiger partial charge in [-0.1, -0.05) is 13.2 Å². The van der Waals surface area contributed by atoms with E-state index in [1.54, 1.807) is 0 Å². The van der Waals surface area contributed by atoms with Crippen molar-refractivity contribution in [1.82, 2.24) is 0 Å². The number of hydrogen-bond donors (Lipinski definition) is 0. The fourth-order valence-electron chi connectivity index (χ4n) is 0.829. The highest BCUT2D eigenvalue weighted by atomic mass is 19.4. The molecule has 3 nitrogen and oxygen atoms in total. The van der Waals surface area contributed by atoms with Gasteiger partial charge in [-0.2, -0.15) is 13.2 Å². The van der Waals surface area contributed by atoms with Gasteiger partial charge in [0.05, 0.1) is 25.7 Å². The summed E-state index contributed by atoms with van der Waals surface area (Å²) in [7, 11) is 0. The average molecular weight is 324 g/mol. The summed E-state index contributed by atoms with van der Waals surface area (Å²) in [6, 6.07) is 0. The van der Waals surface area contributed by atoms with Crippen LogP contribution in [-0.2, 0) is 14.2 Å². The monoisotopic (exact) mass is 324 g/mol. The van der Waals surface area contributed by atoms with Crippen molar-refractivity contribution in [2.24, 2.45) is 0 Å². The molecule has 0 radical (unpaired) electrons. The minimum absolute atomic E-state index is 0.150. The fourth-order valence-corrected chi connectivity index (χ4v) is 0.829. The molecule has 0 fully saturated rings. The van der Waals surface area contributed by atoms with Crippen LogP contribution in [0.3, 0.4) is 0 Å². The third-order valence-corrected chi connectivity index (χ3v) is 1.70. The Morgan fingerprint density at radius 3 is 1.86 bits per heavy atom. The lowest BCUT2D eigenvalue weighted by atomic mass is 10.2. The molecule has 0 heterocycles. The Hall–Kier alpha value is -1.38. The van der Waals surface area contributed by atoms with Crippen molar-refractivity contribution in [2.45, 2.75) is 25.2 Å². The maximum Gasteiger partial charge on any atom is 0.425 e. The van der Waals surface area contributed by atoms with Gasteiger partial charge in [0.25, 0.3) is 6.17 Å². The second-order valence-electron chi connectivity index (χ2n) is 3.38. The molecule has 0 aromatic carbocycles. The zero-order chi connectivity index (χ0) is 16.9. The Bertz CT molecular complexity index is 281. The number of ether oxygens (including phenoxy) is 3. The summed E-state index contributed by atoms with van der Waals surface area (Å²) in [5, 5.41) is 0. The van der Waals surface area contributed by atoms with Gasteiger partial charge in [0.2, 0.25) is 0 Å². The van der Waals surface area contributed by atoms with Crippen LogP contribution in [0.5, 0.6) is 0 Å². The molecule has 0 N–H and O–H groups in total. The summed E-state index contributed by atoms with van der Waals surface area (Å²) in [6.07, 6.45) is -7.40. The fraction of sp³-hybridized carbons (Fsp3) is 0.667. The van der Waals surface area contributed by atoms with Crippen LogP contribution in [0.15, 0.2) is 25.7 Å². The standard InChI is InChI=1S/C8H10F6O2.C4H8O/c1-2-15-3-4-16-5-7(10,11)6(9)8(12,13)14;1-3-5-4-2/h2,6H,1,3-5H2;3H,1,4H2,2H3.